The van der Waals surface area contributed by atoms with Gasteiger partial charge in [-0.05, 0) is 36.5 Å². The SMILES string of the molecule is CCN(Cc1ccc2c(c1)OCO2)S(=O)(=O)N1CCC(C)CC1. The quantitative estimate of drug-likeness (QED) is 0.825. The number of fused-ring (bicyclic) bond motifs is 1. The van der Waals surface area contributed by atoms with E-state index in [1.165, 1.54) is 4.31 Å². The third kappa shape index (κ3) is 3.46. The van der Waals surface area contributed by atoms with Crippen molar-refractivity contribution in [3.63, 3.8) is 0 Å². The molecule has 1 saturated heterocycles. The summed E-state index contributed by atoms with van der Waals surface area (Å²) < 4.78 is 39.5. The van der Waals surface area contributed by atoms with Gasteiger partial charge in [0, 0.05) is 26.2 Å². The molecule has 0 radical (unpaired) electrons. The van der Waals surface area contributed by atoms with Crippen molar-refractivity contribution in [1.82, 2.24) is 8.61 Å². The first-order valence-corrected chi connectivity index (χ1v) is 9.54. The van der Waals surface area contributed by atoms with Gasteiger partial charge in [0.1, 0.15) is 0 Å². The van der Waals surface area contributed by atoms with Crippen molar-refractivity contribution in [2.24, 2.45) is 5.92 Å². The largest absolute Gasteiger partial charge is 0.454 e. The zero-order valence-corrected chi connectivity index (χ0v) is 14.5. The van der Waals surface area contributed by atoms with E-state index in [-0.39, 0.29) is 6.79 Å². The third-order valence-electron chi connectivity index (χ3n) is 4.54. The number of hydrogen-bond acceptors (Lipinski definition) is 4. The summed E-state index contributed by atoms with van der Waals surface area (Å²) in [6.45, 7) is 6.29. The van der Waals surface area contributed by atoms with Crippen LogP contribution in [0.3, 0.4) is 0 Å². The molecule has 0 saturated carbocycles. The molecule has 2 heterocycles. The number of ether oxygens (including phenoxy) is 2. The molecule has 2 aliphatic heterocycles. The Morgan fingerprint density at radius 1 is 1.22 bits per heavy atom. The predicted molar refractivity (Wildman–Crippen MR) is 87.5 cm³/mol. The van der Waals surface area contributed by atoms with E-state index in [0.29, 0.717) is 43.6 Å². The molecule has 0 spiro atoms. The first-order valence-electron chi connectivity index (χ1n) is 8.14. The Morgan fingerprint density at radius 3 is 2.61 bits per heavy atom. The summed E-state index contributed by atoms with van der Waals surface area (Å²) in [5.41, 5.74) is 0.907. The molecule has 1 aromatic rings. The van der Waals surface area contributed by atoms with Crippen molar-refractivity contribution in [3.8, 4) is 11.5 Å². The maximum Gasteiger partial charge on any atom is 0.282 e. The van der Waals surface area contributed by atoms with E-state index in [1.54, 1.807) is 4.31 Å². The van der Waals surface area contributed by atoms with Crippen LogP contribution in [0.2, 0.25) is 0 Å². The van der Waals surface area contributed by atoms with E-state index in [4.69, 9.17) is 9.47 Å². The highest BCUT2D eigenvalue weighted by Gasteiger charge is 2.31. The standard InChI is InChI=1S/C16H24N2O4S/c1-3-17(23(19,20)18-8-6-13(2)7-9-18)11-14-4-5-15-16(10-14)22-12-21-15/h4-5,10,13H,3,6-9,11-12H2,1-2H3. The molecule has 1 fully saturated rings. The highest BCUT2D eigenvalue weighted by molar-refractivity contribution is 7.86. The molecule has 0 N–H and O–H groups in total. The van der Waals surface area contributed by atoms with Gasteiger partial charge in [0.25, 0.3) is 10.2 Å². The number of rotatable bonds is 5. The normalized spacial score (nSPS) is 19.4. The first kappa shape index (κ1) is 16.5. The molecule has 0 aromatic heterocycles. The maximum absolute atomic E-state index is 12.9. The monoisotopic (exact) mass is 340 g/mol. The summed E-state index contributed by atoms with van der Waals surface area (Å²) in [4.78, 5) is 0. The minimum Gasteiger partial charge on any atom is -0.454 e. The van der Waals surface area contributed by atoms with Crippen LogP contribution >= 0.6 is 0 Å². The Kier molecular flexibility index (Phi) is 4.79. The average Bonchev–Trinajstić information content (AvgIpc) is 3.00. The Balaban J connectivity index is 1.74. The molecular weight excluding hydrogens is 316 g/mol. The van der Waals surface area contributed by atoms with Gasteiger partial charge in [0.2, 0.25) is 6.79 Å². The molecule has 7 heteroatoms. The van der Waals surface area contributed by atoms with Crippen LogP contribution in [0.4, 0.5) is 0 Å². The van der Waals surface area contributed by atoms with Gasteiger partial charge in [-0.15, -0.1) is 0 Å². The van der Waals surface area contributed by atoms with Crippen molar-refractivity contribution in [2.45, 2.75) is 33.2 Å². The maximum atomic E-state index is 12.9. The highest BCUT2D eigenvalue weighted by Crippen LogP contribution is 2.33. The van der Waals surface area contributed by atoms with Gasteiger partial charge >= 0.3 is 0 Å². The van der Waals surface area contributed by atoms with Crippen molar-refractivity contribution >= 4 is 10.2 Å². The lowest BCUT2D eigenvalue weighted by molar-refractivity contribution is 0.174. The summed E-state index contributed by atoms with van der Waals surface area (Å²) in [5.74, 6) is 2.00. The molecule has 128 valence electrons. The average molecular weight is 340 g/mol. The smallest absolute Gasteiger partial charge is 0.282 e. The fourth-order valence-corrected chi connectivity index (χ4v) is 4.62. The molecule has 0 aliphatic carbocycles. The van der Waals surface area contributed by atoms with E-state index in [0.717, 1.165) is 18.4 Å². The Bertz CT molecular complexity index is 654. The Morgan fingerprint density at radius 2 is 1.91 bits per heavy atom. The first-order chi connectivity index (χ1) is 11.0. The van der Waals surface area contributed by atoms with Gasteiger partial charge in [-0.3, -0.25) is 0 Å². The van der Waals surface area contributed by atoms with Crippen molar-refractivity contribution in [3.05, 3.63) is 23.8 Å². The van der Waals surface area contributed by atoms with Crippen LogP contribution < -0.4 is 9.47 Å². The summed E-state index contributed by atoms with van der Waals surface area (Å²) in [6, 6.07) is 5.59. The fourth-order valence-electron chi connectivity index (χ4n) is 2.98. The van der Waals surface area contributed by atoms with E-state index < -0.39 is 10.2 Å². The lowest BCUT2D eigenvalue weighted by Gasteiger charge is -2.33. The summed E-state index contributed by atoms with van der Waals surface area (Å²) in [7, 11) is -3.42. The van der Waals surface area contributed by atoms with Gasteiger partial charge < -0.3 is 9.47 Å². The number of piperidine rings is 1. The van der Waals surface area contributed by atoms with Crippen LogP contribution in [0.5, 0.6) is 11.5 Å². The lowest BCUT2D eigenvalue weighted by Crippen LogP contribution is -2.46. The summed E-state index contributed by atoms with van der Waals surface area (Å²) >= 11 is 0. The summed E-state index contributed by atoms with van der Waals surface area (Å²) in [5, 5.41) is 0. The molecule has 6 nitrogen and oxygen atoms in total. The second-order valence-corrected chi connectivity index (χ2v) is 8.13. The molecule has 23 heavy (non-hydrogen) atoms. The molecule has 0 amide bonds. The third-order valence-corrected chi connectivity index (χ3v) is 6.60. The van der Waals surface area contributed by atoms with Crippen molar-refractivity contribution in [1.29, 1.82) is 0 Å². The van der Waals surface area contributed by atoms with Crippen molar-refractivity contribution < 1.29 is 17.9 Å². The van der Waals surface area contributed by atoms with Gasteiger partial charge in [-0.25, -0.2) is 0 Å². The molecule has 1 aromatic carbocycles. The highest BCUT2D eigenvalue weighted by atomic mass is 32.2. The van der Waals surface area contributed by atoms with Gasteiger partial charge in [0.05, 0.1) is 0 Å². The lowest BCUT2D eigenvalue weighted by atomic mass is 10.0. The van der Waals surface area contributed by atoms with Gasteiger partial charge in [-0.1, -0.05) is 19.9 Å². The molecular formula is C16H24N2O4S. The minimum absolute atomic E-state index is 0.223. The van der Waals surface area contributed by atoms with E-state index in [9.17, 15) is 8.42 Å². The Hall–Kier alpha value is -1.31. The van der Waals surface area contributed by atoms with Crippen LogP contribution in [0.25, 0.3) is 0 Å². The number of hydrogen-bond donors (Lipinski definition) is 0. The van der Waals surface area contributed by atoms with Crippen LogP contribution in [-0.4, -0.2) is 43.5 Å². The van der Waals surface area contributed by atoms with Crippen LogP contribution in [0.15, 0.2) is 18.2 Å². The predicted octanol–water partition coefficient (Wildman–Crippen LogP) is 2.21. The van der Waals surface area contributed by atoms with Crippen LogP contribution in [-0.2, 0) is 16.8 Å². The fraction of sp³-hybridized carbons (Fsp3) is 0.625. The van der Waals surface area contributed by atoms with E-state index in [2.05, 4.69) is 6.92 Å². The van der Waals surface area contributed by atoms with Crippen LogP contribution in [0.1, 0.15) is 32.3 Å². The molecule has 3 rings (SSSR count). The van der Waals surface area contributed by atoms with E-state index in [1.807, 2.05) is 25.1 Å². The number of nitrogens with zero attached hydrogens (tertiary/aromatic N) is 2. The zero-order chi connectivity index (χ0) is 16.4. The Labute approximate surface area is 138 Å². The second kappa shape index (κ2) is 6.67. The van der Waals surface area contributed by atoms with E-state index >= 15 is 0 Å². The van der Waals surface area contributed by atoms with Gasteiger partial charge in [0.15, 0.2) is 11.5 Å². The molecule has 0 atom stereocenters. The molecule has 0 bridgehead atoms. The molecule has 0 unspecified atom stereocenters. The topological polar surface area (TPSA) is 59.1 Å². The number of benzene rings is 1. The van der Waals surface area contributed by atoms with Crippen LogP contribution in [0, 0.1) is 5.92 Å². The van der Waals surface area contributed by atoms with Crippen molar-refractivity contribution in [2.75, 3.05) is 26.4 Å². The second-order valence-electron chi connectivity index (χ2n) is 6.20. The summed E-state index contributed by atoms with van der Waals surface area (Å²) in [6.07, 6.45) is 1.86. The molecule has 2 aliphatic rings. The van der Waals surface area contributed by atoms with Gasteiger partial charge in [-0.2, -0.15) is 17.0 Å². The minimum atomic E-state index is -3.42. The zero-order valence-electron chi connectivity index (χ0n) is 13.7.